The van der Waals surface area contributed by atoms with Crippen LogP contribution in [0.15, 0.2) is 28.0 Å². The van der Waals surface area contributed by atoms with E-state index in [0.717, 1.165) is 25.2 Å². The molecule has 8 heteroatoms. The molecule has 0 radical (unpaired) electrons. The molecular formula is C13H18N4O2S2. The van der Waals surface area contributed by atoms with Crippen molar-refractivity contribution >= 4 is 21.4 Å². The Morgan fingerprint density at radius 3 is 3.05 bits per heavy atom. The monoisotopic (exact) mass is 326 g/mol. The van der Waals surface area contributed by atoms with Gasteiger partial charge < -0.3 is 4.57 Å². The van der Waals surface area contributed by atoms with Crippen LogP contribution in [-0.4, -0.2) is 40.6 Å². The molecule has 1 unspecified atom stereocenters. The normalized spacial score (nSPS) is 20.1. The number of nitrogens with zero attached hydrogens (tertiary/aromatic N) is 4. The van der Waals surface area contributed by atoms with E-state index in [1.165, 1.54) is 11.3 Å². The van der Waals surface area contributed by atoms with E-state index < -0.39 is 10.0 Å². The molecule has 1 saturated heterocycles. The van der Waals surface area contributed by atoms with Crippen molar-refractivity contribution in [3.63, 3.8) is 0 Å². The van der Waals surface area contributed by atoms with Gasteiger partial charge in [-0.3, -0.25) is 0 Å². The zero-order valence-corrected chi connectivity index (χ0v) is 13.5. The molecule has 0 aliphatic carbocycles. The molecule has 3 heterocycles. The standard InChI is InChI=1S/C13H18N4O2S2/c1-2-16-10-14-15-12(16)8-11-5-6-17(9-11)21(18,19)13-4-3-7-20-13/h3-4,7,10-11H,2,5-6,8-9H2,1H3. The summed E-state index contributed by atoms with van der Waals surface area (Å²) in [6, 6.07) is 3.44. The fraction of sp³-hybridized carbons (Fsp3) is 0.538. The van der Waals surface area contributed by atoms with Crippen LogP contribution in [0.5, 0.6) is 0 Å². The van der Waals surface area contributed by atoms with E-state index in [4.69, 9.17) is 0 Å². The van der Waals surface area contributed by atoms with Gasteiger partial charge in [-0.05, 0) is 30.7 Å². The van der Waals surface area contributed by atoms with Crippen LogP contribution in [0.25, 0.3) is 0 Å². The van der Waals surface area contributed by atoms with Gasteiger partial charge in [0.15, 0.2) is 0 Å². The van der Waals surface area contributed by atoms with Gasteiger partial charge in [-0.1, -0.05) is 6.07 Å². The van der Waals surface area contributed by atoms with Crippen LogP contribution in [0.4, 0.5) is 0 Å². The number of hydrogen-bond donors (Lipinski definition) is 0. The lowest BCUT2D eigenvalue weighted by atomic mass is 10.0. The highest BCUT2D eigenvalue weighted by molar-refractivity contribution is 7.91. The average molecular weight is 326 g/mol. The smallest absolute Gasteiger partial charge is 0.252 e. The molecule has 0 saturated carbocycles. The molecule has 1 aliphatic rings. The summed E-state index contributed by atoms with van der Waals surface area (Å²) in [4.78, 5) is 0. The summed E-state index contributed by atoms with van der Waals surface area (Å²) < 4.78 is 29.0. The minimum absolute atomic E-state index is 0.314. The number of sulfonamides is 1. The third-order valence-corrected chi connectivity index (χ3v) is 7.08. The van der Waals surface area contributed by atoms with Gasteiger partial charge in [-0.15, -0.1) is 21.5 Å². The number of hydrogen-bond acceptors (Lipinski definition) is 5. The predicted octanol–water partition coefficient (Wildman–Crippen LogP) is 1.61. The molecule has 0 spiro atoms. The Morgan fingerprint density at radius 2 is 2.33 bits per heavy atom. The van der Waals surface area contributed by atoms with Crippen LogP contribution < -0.4 is 0 Å². The van der Waals surface area contributed by atoms with Crippen LogP contribution in [0.1, 0.15) is 19.2 Å². The van der Waals surface area contributed by atoms with Crippen LogP contribution in [0.2, 0.25) is 0 Å². The molecule has 3 rings (SSSR count). The molecule has 1 fully saturated rings. The molecule has 21 heavy (non-hydrogen) atoms. The summed E-state index contributed by atoms with van der Waals surface area (Å²) in [5.74, 6) is 1.26. The van der Waals surface area contributed by atoms with Crippen LogP contribution in [-0.2, 0) is 23.0 Å². The van der Waals surface area contributed by atoms with Crippen molar-refractivity contribution in [1.82, 2.24) is 19.1 Å². The Labute approximate surface area is 128 Å². The molecule has 0 N–H and O–H groups in total. The third-order valence-electron chi connectivity index (χ3n) is 3.85. The molecule has 0 amide bonds. The molecule has 114 valence electrons. The fourth-order valence-corrected chi connectivity index (χ4v) is 5.35. The van der Waals surface area contributed by atoms with Crippen molar-refractivity contribution in [2.75, 3.05) is 13.1 Å². The zero-order chi connectivity index (χ0) is 14.9. The van der Waals surface area contributed by atoms with Crippen LogP contribution in [0, 0.1) is 5.92 Å². The third kappa shape index (κ3) is 2.88. The molecule has 2 aromatic rings. The SMILES string of the molecule is CCn1cnnc1CC1CCN(S(=O)(=O)c2cccs2)C1. The Hall–Kier alpha value is -1.25. The van der Waals surface area contributed by atoms with Crippen molar-refractivity contribution in [3.05, 3.63) is 29.7 Å². The summed E-state index contributed by atoms with van der Waals surface area (Å²) in [7, 11) is -3.31. The zero-order valence-electron chi connectivity index (χ0n) is 11.8. The van der Waals surface area contributed by atoms with E-state index in [9.17, 15) is 8.42 Å². The van der Waals surface area contributed by atoms with Gasteiger partial charge in [0.25, 0.3) is 10.0 Å². The summed E-state index contributed by atoms with van der Waals surface area (Å²) in [5, 5.41) is 9.86. The van der Waals surface area contributed by atoms with Gasteiger partial charge in [0.2, 0.25) is 0 Å². The fourth-order valence-electron chi connectivity index (χ4n) is 2.68. The van der Waals surface area contributed by atoms with Crippen molar-refractivity contribution in [2.45, 2.75) is 30.5 Å². The Balaban J connectivity index is 1.69. The summed E-state index contributed by atoms with van der Waals surface area (Å²) >= 11 is 1.27. The quantitative estimate of drug-likeness (QED) is 0.837. The highest BCUT2D eigenvalue weighted by Gasteiger charge is 2.33. The van der Waals surface area contributed by atoms with Gasteiger partial charge >= 0.3 is 0 Å². The maximum atomic E-state index is 12.5. The maximum absolute atomic E-state index is 12.5. The number of rotatable bonds is 5. The molecular weight excluding hydrogens is 308 g/mol. The second-order valence-corrected chi connectivity index (χ2v) is 8.30. The highest BCUT2D eigenvalue weighted by atomic mass is 32.2. The van der Waals surface area contributed by atoms with Crippen LogP contribution in [0.3, 0.4) is 0 Å². The van der Waals surface area contributed by atoms with Crippen molar-refractivity contribution in [2.24, 2.45) is 5.92 Å². The highest BCUT2D eigenvalue weighted by Crippen LogP contribution is 2.28. The molecule has 1 atom stereocenters. The first-order valence-electron chi connectivity index (χ1n) is 7.01. The lowest BCUT2D eigenvalue weighted by molar-refractivity contribution is 0.451. The minimum atomic E-state index is -3.31. The maximum Gasteiger partial charge on any atom is 0.252 e. The topological polar surface area (TPSA) is 68.1 Å². The summed E-state index contributed by atoms with van der Waals surface area (Å²) in [6.45, 7) is 4.04. The summed E-state index contributed by atoms with van der Waals surface area (Å²) in [5.41, 5.74) is 0. The first-order valence-corrected chi connectivity index (χ1v) is 9.33. The molecule has 0 aromatic carbocycles. The van der Waals surface area contributed by atoms with Gasteiger partial charge in [-0.25, -0.2) is 8.42 Å². The second-order valence-electron chi connectivity index (χ2n) is 5.19. The van der Waals surface area contributed by atoms with Crippen LogP contribution >= 0.6 is 11.3 Å². The van der Waals surface area contributed by atoms with Crippen molar-refractivity contribution in [1.29, 1.82) is 0 Å². The van der Waals surface area contributed by atoms with Gasteiger partial charge in [0.05, 0.1) is 0 Å². The van der Waals surface area contributed by atoms with Crippen molar-refractivity contribution < 1.29 is 8.42 Å². The lowest BCUT2D eigenvalue weighted by Crippen LogP contribution is -2.28. The van der Waals surface area contributed by atoms with E-state index >= 15 is 0 Å². The van der Waals surface area contributed by atoms with Gasteiger partial charge in [0.1, 0.15) is 16.4 Å². The Kier molecular flexibility index (Phi) is 4.10. The number of thiophene rings is 1. The largest absolute Gasteiger partial charge is 0.318 e. The van der Waals surface area contributed by atoms with E-state index in [1.54, 1.807) is 28.1 Å². The molecule has 1 aliphatic heterocycles. The first kappa shape index (κ1) is 14.7. The predicted molar refractivity (Wildman–Crippen MR) is 80.6 cm³/mol. The summed E-state index contributed by atoms with van der Waals surface area (Å²) in [6.07, 6.45) is 3.38. The molecule has 0 bridgehead atoms. The Morgan fingerprint density at radius 1 is 1.48 bits per heavy atom. The first-order chi connectivity index (χ1) is 10.1. The lowest BCUT2D eigenvalue weighted by Gasteiger charge is -2.15. The molecule has 6 nitrogen and oxygen atoms in total. The van der Waals surface area contributed by atoms with Gasteiger partial charge in [0, 0.05) is 26.1 Å². The van der Waals surface area contributed by atoms with E-state index in [1.807, 2.05) is 4.57 Å². The number of aryl methyl sites for hydroxylation is 1. The van der Waals surface area contributed by atoms with E-state index in [0.29, 0.717) is 23.2 Å². The second kappa shape index (κ2) is 5.86. The van der Waals surface area contributed by atoms with E-state index in [2.05, 4.69) is 17.1 Å². The van der Waals surface area contributed by atoms with Gasteiger partial charge in [-0.2, -0.15) is 4.31 Å². The minimum Gasteiger partial charge on any atom is -0.318 e. The van der Waals surface area contributed by atoms with Crippen molar-refractivity contribution in [3.8, 4) is 0 Å². The van der Waals surface area contributed by atoms with E-state index in [-0.39, 0.29) is 0 Å². The molecule has 2 aromatic heterocycles. The average Bonchev–Trinajstić information content (AvgIpc) is 3.21. The number of aromatic nitrogens is 3. The Bertz CT molecular complexity index is 694.